The Morgan fingerprint density at radius 1 is 1.11 bits per heavy atom. The molecular formula is C21H22FNO3S. The van der Waals surface area contributed by atoms with E-state index < -0.39 is 5.97 Å². The lowest BCUT2D eigenvalue weighted by Crippen LogP contribution is -2.30. The highest BCUT2D eigenvalue weighted by Crippen LogP contribution is 2.27. The van der Waals surface area contributed by atoms with Gasteiger partial charge in [-0.3, -0.25) is 9.59 Å². The first-order chi connectivity index (χ1) is 13.1. The van der Waals surface area contributed by atoms with E-state index in [1.54, 1.807) is 18.2 Å². The Labute approximate surface area is 162 Å². The summed E-state index contributed by atoms with van der Waals surface area (Å²) in [5.74, 6) is -0.935. The van der Waals surface area contributed by atoms with E-state index in [9.17, 15) is 14.0 Å². The van der Waals surface area contributed by atoms with E-state index in [0.717, 1.165) is 17.7 Å². The fourth-order valence-electron chi connectivity index (χ4n) is 3.06. The van der Waals surface area contributed by atoms with Gasteiger partial charge in [0.25, 0.3) is 5.91 Å². The van der Waals surface area contributed by atoms with Crippen molar-refractivity contribution in [3.05, 3.63) is 65.0 Å². The molecule has 4 nitrogen and oxygen atoms in total. The van der Waals surface area contributed by atoms with Crippen molar-refractivity contribution >= 4 is 23.6 Å². The number of ether oxygens (including phenoxy) is 1. The molecule has 0 aromatic heterocycles. The van der Waals surface area contributed by atoms with Gasteiger partial charge in [-0.25, -0.2) is 4.39 Å². The Kier molecular flexibility index (Phi) is 6.87. The summed E-state index contributed by atoms with van der Waals surface area (Å²) in [6.45, 7) is -0.0257. The molecule has 27 heavy (non-hydrogen) atoms. The topological polar surface area (TPSA) is 55.4 Å². The summed E-state index contributed by atoms with van der Waals surface area (Å²) in [5.41, 5.74) is 3.30. The number of amides is 1. The number of rotatable bonds is 8. The molecule has 142 valence electrons. The molecule has 2 aromatic carbocycles. The van der Waals surface area contributed by atoms with E-state index in [1.165, 1.54) is 35.4 Å². The third-order valence-electron chi connectivity index (χ3n) is 4.47. The van der Waals surface area contributed by atoms with Crippen LogP contribution in [0.25, 0.3) is 0 Å². The molecule has 1 N–H and O–H groups in total. The Hall–Kier alpha value is -2.34. The molecule has 0 spiro atoms. The van der Waals surface area contributed by atoms with Gasteiger partial charge in [-0.1, -0.05) is 24.3 Å². The lowest BCUT2D eigenvalue weighted by atomic mass is 10.1. The molecule has 3 rings (SSSR count). The van der Waals surface area contributed by atoms with Gasteiger partial charge in [-0.05, 0) is 60.6 Å². The molecule has 0 bridgehead atoms. The second-order valence-electron chi connectivity index (χ2n) is 6.42. The molecule has 2 aromatic rings. The molecule has 1 aliphatic rings. The Bertz CT molecular complexity index is 825. The number of carbonyl (C=O) groups is 2. The number of hydrogen-bond acceptors (Lipinski definition) is 4. The fourth-order valence-corrected chi connectivity index (χ4v) is 3.81. The second-order valence-corrected chi connectivity index (χ2v) is 7.47. The zero-order chi connectivity index (χ0) is 19.1. The Morgan fingerprint density at radius 2 is 1.93 bits per heavy atom. The van der Waals surface area contributed by atoms with Crippen LogP contribution in [0.15, 0.2) is 47.4 Å². The quantitative estimate of drug-likeness (QED) is 0.558. The molecule has 0 heterocycles. The maximum Gasteiger partial charge on any atom is 0.316 e. The van der Waals surface area contributed by atoms with Crippen LogP contribution < -0.4 is 5.32 Å². The molecular weight excluding hydrogens is 365 g/mol. The zero-order valence-corrected chi connectivity index (χ0v) is 15.8. The third-order valence-corrected chi connectivity index (χ3v) is 5.43. The minimum absolute atomic E-state index is 0.168. The number of benzene rings is 2. The van der Waals surface area contributed by atoms with Crippen molar-refractivity contribution < 1.29 is 18.7 Å². The first kappa shape index (κ1) is 19.4. The van der Waals surface area contributed by atoms with Gasteiger partial charge in [0.1, 0.15) is 5.82 Å². The smallest absolute Gasteiger partial charge is 0.316 e. The van der Waals surface area contributed by atoms with Gasteiger partial charge in [0, 0.05) is 11.4 Å². The molecule has 0 saturated carbocycles. The number of nitrogens with one attached hydrogen (secondary N) is 1. The summed E-state index contributed by atoms with van der Waals surface area (Å²) in [4.78, 5) is 24.6. The first-order valence-electron chi connectivity index (χ1n) is 9.02. The lowest BCUT2D eigenvalue weighted by molar-refractivity contribution is -0.145. The standard InChI is InChI=1S/C21H22FNO3S/c22-19-7-2-1-4-16(19)10-11-23-20(24)13-26-21(25)14-27-18-9-8-15-5-3-6-17(15)12-18/h1-2,4,7-9,12H,3,5-6,10-11,13-14H2,(H,23,24). The molecule has 0 unspecified atom stereocenters. The summed E-state index contributed by atoms with van der Waals surface area (Å²) < 4.78 is 18.5. The van der Waals surface area contributed by atoms with E-state index in [4.69, 9.17) is 4.74 Å². The van der Waals surface area contributed by atoms with Gasteiger partial charge >= 0.3 is 5.97 Å². The predicted octanol–water partition coefficient (Wildman–Crippen LogP) is 3.31. The van der Waals surface area contributed by atoms with Gasteiger partial charge in [0.05, 0.1) is 5.75 Å². The van der Waals surface area contributed by atoms with Crippen LogP contribution in [0.1, 0.15) is 23.1 Å². The molecule has 0 fully saturated rings. The van der Waals surface area contributed by atoms with Crippen molar-refractivity contribution in [2.75, 3.05) is 18.9 Å². The fraction of sp³-hybridized carbons (Fsp3) is 0.333. The third kappa shape index (κ3) is 5.82. The number of thioether (sulfide) groups is 1. The Morgan fingerprint density at radius 3 is 2.78 bits per heavy atom. The van der Waals surface area contributed by atoms with Crippen LogP contribution in [-0.2, 0) is 33.6 Å². The van der Waals surface area contributed by atoms with Gasteiger partial charge in [-0.15, -0.1) is 11.8 Å². The second kappa shape index (κ2) is 9.55. The minimum atomic E-state index is -0.426. The predicted molar refractivity (Wildman–Crippen MR) is 103 cm³/mol. The van der Waals surface area contributed by atoms with E-state index in [0.29, 0.717) is 18.5 Å². The SMILES string of the molecule is O=C(COC(=O)CSc1ccc2c(c1)CCC2)NCCc1ccccc1F. The van der Waals surface area contributed by atoms with E-state index in [2.05, 4.69) is 17.4 Å². The number of esters is 1. The average Bonchev–Trinajstić information content (AvgIpc) is 3.14. The number of carbonyl (C=O) groups excluding carboxylic acids is 2. The van der Waals surface area contributed by atoms with Crippen LogP contribution in [0.2, 0.25) is 0 Å². The summed E-state index contributed by atoms with van der Waals surface area (Å²) in [7, 11) is 0. The molecule has 0 radical (unpaired) electrons. The van der Waals surface area contributed by atoms with E-state index >= 15 is 0 Å². The molecule has 0 saturated heterocycles. The number of fused-ring (bicyclic) bond motifs is 1. The van der Waals surface area contributed by atoms with E-state index in [-0.39, 0.29) is 24.1 Å². The van der Waals surface area contributed by atoms with E-state index in [1.807, 2.05) is 6.07 Å². The van der Waals surface area contributed by atoms with Crippen molar-refractivity contribution in [1.29, 1.82) is 0 Å². The Balaban J connectivity index is 1.32. The van der Waals surface area contributed by atoms with Crippen molar-refractivity contribution in [2.24, 2.45) is 0 Å². The van der Waals surface area contributed by atoms with Crippen LogP contribution in [0.4, 0.5) is 4.39 Å². The maximum atomic E-state index is 13.5. The summed E-state index contributed by atoms with van der Waals surface area (Å²) >= 11 is 1.42. The summed E-state index contributed by atoms with van der Waals surface area (Å²) in [6.07, 6.45) is 3.81. The summed E-state index contributed by atoms with van der Waals surface area (Å²) in [6, 6.07) is 12.7. The molecule has 6 heteroatoms. The number of halogens is 1. The maximum absolute atomic E-state index is 13.5. The number of aryl methyl sites for hydroxylation is 2. The van der Waals surface area contributed by atoms with Gasteiger partial charge in [-0.2, -0.15) is 0 Å². The summed E-state index contributed by atoms with van der Waals surface area (Å²) in [5, 5.41) is 2.63. The highest BCUT2D eigenvalue weighted by molar-refractivity contribution is 8.00. The minimum Gasteiger partial charge on any atom is -0.455 e. The molecule has 0 atom stereocenters. The van der Waals surface area contributed by atoms with Crippen LogP contribution in [-0.4, -0.2) is 30.8 Å². The normalized spacial score (nSPS) is 12.5. The zero-order valence-electron chi connectivity index (χ0n) is 15.0. The largest absolute Gasteiger partial charge is 0.455 e. The average molecular weight is 387 g/mol. The molecule has 1 aliphatic carbocycles. The monoisotopic (exact) mass is 387 g/mol. The van der Waals surface area contributed by atoms with Gasteiger partial charge in [0.2, 0.25) is 0 Å². The van der Waals surface area contributed by atoms with Crippen LogP contribution in [0, 0.1) is 5.82 Å². The van der Waals surface area contributed by atoms with Crippen molar-refractivity contribution in [2.45, 2.75) is 30.6 Å². The highest BCUT2D eigenvalue weighted by Gasteiger charge is 2.12. The van der Waals surface area contributed by atoms with Crippen molar-refractivity contribution in [3.63, 3.8) is 0 Å². The van der Waals surface area contributed by atoms with Crippen LogP contribution >= 0.6 is 11.8 Å². The van der Waals surface area contributed by atoms with Gasteiger partial charge in [0.15, 0.2) is 6.61 Å². The number of hydrogen-bond donors (Lipinski definition) is 1. The van der Waals surface area contributed by atoms with Crippen molar-refractivity contribution in [1.82, 2.24) is 5.32 Å². The van der Waals surface area contributed by atoms with Gasteiger partial charge < -0.3 is 10.1 Å². The molecule has 0 aliphatic heterocycles. The van der Waals surface area contributed by atoms with Crippen LogP contribution in [0.3, 0.4) is 0 Å². The lowest BCUT2D eigenvalue weighted by Gasteiger charge is -2.08. The highest BCUT2D eigenvalue weighted by atomic mass is 32.2. The van der Waals surface area contributed by atoms with Crippen LogP contribution in [0.5, 0.6) is 0 Å². The molecule has 1 amide bonds. The van der Waals surface area contributed by atoms with Crippen molar-refractivity contribution in [3.8, 4) is 0 Å². The first-order valence-corrected chi connectivity index (χ1v) is 10.0.